The normalized spacial score (nSPS) is 19.0. The van der Waals surface area contributed by atoms with Crippen molar-refractivity contribution in [3.05, 3.63) is 47.6 Å². The molecule has 8 heteroatoms. The second kappa shape index (κ2) is 9.12. The summed E-state index contributed by atoms with van der Waals surface area (Å²) >= 11 is 0. The van der Waals surface area contributed by atoms with E-state index in [1.54, 1.807) is 12.1 Å². The third kappa shape index (κ3) is 4.60. The molecule has 0 radical (unpaired) electrons. The minimum atomic E-state index is -0.323. The Labute approximate surface area is 159 Å². The monoisotopic (exact) mass is 379 g/mol. The van der Waals surface area contributed by atoms with Gasteiger partial charge in [0.2, 0.25) is 5.89 Å². The smallest absolute Gasteiger partial charge is 0.251 e. The predicted octanol–water partition coefficient (Wildman–Crippen LogP) is 2.19. The van der Waals surface area contributed by atoms with Gasteiger partial charge in [-0.15, -0.1) is 12.4 Å². The van der Waals surface area contributed by atoms with Crippen molar-refractivity contribution in [1.82, 2.24) is 25.7 Å². The van der Waals surface area contributed by atoms with Gasteiger partial charge in [0.1, 0.15) is 6.04 Å². The van der Waals surface area contributed by atoms with Gasteiger partial charge in [0.05, 0.1) is 6.04 Å². The van der Waals surface area contributed by atoms with Crippen LogP contribution in [0, 0.1) is 5.92 Å². The molecule has 2 heterocycles. The van der Waals surface area contributed by atoms with Gasteiger partial charge >= 0.3 is 0 Å². The molecule has 3 rings (SSSR count). The first-order valence-electron chi connectivity index (χ1n) is 8.66. The summed E-state index contributed by atoms with van der Waals surface area (Å²) in [7, 11) is 2.05. The van der Waals surface area contributed by atoms with E-state index < -0.39 is 0 Å². The fraction of sp³-hybridized carbons (Fsp3) is 0.500. The molecule has 2 N–H and O–H groups in total. The molecular formula is C18H26ClN5O2. The van der Waals surface area contributed by atoms with Crippen LogP contribution in [0.25, 0.3) is 0 Å². The molecule has 2 aromatic rings. The summed E-state index contributed by atoms with van der Waals surface area (Å²) in [5, 5.41) is 10.5. The second-order valence-electron chi connectivity index (χ2n) is 6.75. The molecule has 0 aliphatic carbocycles. The molecule has 142 valence electrons. The third-order valence-corrected chi connectivity index (χ3v) is 4.52. The number of carbonyl (C=O) groups excluding carboxylic acids is 1. The van der Waals surface area contributed by atoms with Gasteiger partial charge in [0.15, 0.2) is 5.82 Å². The van der Waals surface area contributed by atoms with Gasteiger partial charge in [0, 0.05) is 25.2 Å². The van der Waals surface area contributed by atoms with Crippen molar-refractivity contribution in [3.63, 3.8) is 0 Å². The summed E-state index contributed by atoms with van der Waals surface area (Å²) in [6.07, 6.45) is 0. The molecule has 1 saturated heterocycles. The number of piperazine rings is 1. The lowest BCUT2D eigenvalue weighted by molar-refractivity contribution is 0.0914. The molecule has 0 bridgehead atoms. The highest BCUT2D eigenvalue weighted by Gasteiger charge is 2.29. The Kier molecular flexibility index (Phi) is 7.14. The maximum absolute atomic E-state index is 12.5. The molecule has 26 heavy (non-hydrogen) atoms. The number of carbonyl (C=O) groups is 1. The van der Waals surface area contributed by atoms with Crippen molar-refractivity contribution in [2.24, 2.45) is 5.92 Å². The highest BCUT2D eigenvalue weighted by Crippen LogP contribution is 2.24. The summed E-state index contributed by atoms with van der Waals surface area (Å²) in [6, 6.07) is 8.91. The maximum atomic E-state index is 12.5. The van der Waals surface area contributed by atoms with Crippen LogP contribution in [-0.4, -0.2) is 47.6 Å². The largest absolute Gasteiger partial charge is 0.340 e. The third-order valence-electron chi connectivity index (χ3n) is 4.52. The number of halogens is 1. The molecule has 1 fully saturated rings. The minimum absolute atomic E-state index is 0. The lowest BCUT2D eigenvalue weighted by Crippen LogP contribution is -2.44. The van der Waals surface area contributed by atoms with E-state index in [0.717, 1.165) is 19.6 Å². The van der Waals surface area contributed by atoms with Crippen molar-refractivity contribution in [2.75, 3.05) is 26.7 Å². The summed E-state index contributed by atoms with van der Waals surface area (Å²) in [6.45, 7) is 6.73. The zero-order chi connectivity index (χ0) is 17.8. The van der Waals surface area contributed by atoms with Gasteiger partial charge in [0.25, 0.3) is 5.91 Å². The highest BCUT2D eigenvalue weighted by molar-refractivity contribution is 5.94. The van der Waals surface area contributed by atoms with Crippen LogP contribution in [0.2, 0.25) is 0 Å². The molecule has 0 saturated carbocycles. The van der Waals surface area contributed by atoms with E-state index in [0.29, 0.717) is 17.3 Å². The van der Waals surface area contributed by atoms with Crippen LogP contribution in [0.3, 0.4) is 0 Å². The van der Waals surface area contributed by atoms with E-state index in [4.69, 9.17) is 4.52 Å². The van der Waals surface area contributed by atoms with Crippen molar-refractivity contribution in [1.29, 1.82) is 0 Å². The zero-order valence-corrected chi connectivity index (χ0v) is 16.1. The van der Waals surface area contributed by atoms with Crippen LogP contribution in [0.1, 0.15) is 48.0 Å². The molecule has 1 amide bonds. The first-order valence-corrected chi connectivity index (χ1v) is 8.66. The maximum Gasteiger partial charge on any atom is 0.251 e. The van der Waals surface area contributed by atoms with Gasteiger partial charge in [-0.1, -0.05) is 37.2 Å². The lowest BCUT2D eigenvalue weighted by Gasteiger charge is -2.30. The molecule has 1 aliphatic heterocycles. The fourth-order valence-electron chi connectivity index (χ4n) is 2.93. The minimum Gasteiger partial charge on any atom is -0.340 e. The Morgan fingerprint density at radius 2 is 2.08 bits per heavy atom. The van der Waals surface area contributed by atoms with E-state index >= 15 is 0 Å². The first kappa shape index (κ1) is 20.4. The van der Waals surface area contributed by atoms with Gasteiger partial charge in [-0.2, -0.15) is 4.98 Å². The number of likely N-dealkylation sites (N-methyl/N-ethyl adjacent to an activating group) is 1. The highest BCUT2D eigenvalue weighted by atomic mass is 35.5. The molecule has 1 aliphatic rings. The van der Waals surface area contributed by atoms with E-state index in [1.165, 1.54) is 0 Å². The lowest BCUT2D eigenvalue weighted by atomic mass is 10.0. The summed E-state index contributed by atoms with van der Waals surface area (Å²) in [4.78, 5) is 19.3. The molecular weight excluding hydrogens is 354 g/mol. The summed E-state index contributed by atoms with van der Waals surface area (Å²) < 4.78 is 5.50. The summed E-state index contributed by atoms with van der Waals surface area (Å²) in [5.74, 6) is 1.09. The number of nitrogens with zero attached hydrogens (tertiary/aromatic N) is 3. The number of amides is 1. The van der Waals surface area contributed by atoms with E-state index in [9.17, 15) is 4.79 Å². The second-order valence-corrected chi connectivity index (χ2v) is 6.75. The number of aromatic nitrogens is 2. The average molecular weight is 380 g/mol. The first-order chi connectivity index (χ1) is 12.1. The zero-order valence-electron chi connectivity index (χ0n) is 15.3. The standard InChI is InChI=1S/C18H25N5O2.ClH/c1-12(2)15(20-17(24)13-7-5-4-6-8-13)18-21-16(22-25-18)14-11-19-9-10-23(14)3;/h4-8,12,14-15,19H,9-11H2,1-3H3,(H,20,24);1H. The molecule has 0 spiro atoms. The van der Waals surface area contributed by atoms with E-state index in [1.807, 2.05) is 32.0 Å². The quantitative estimate of drug-likeness (QED) is 0.828. The number of rotatable bonds is 5. The van der Waals surface area contributed by atoms with Crippen LogP contribution < -0.4 is 10.6 Å². The number of hydrogen-bond donors (Lipinski definition) is 2. The molecule has 1 aromatic carbocycles. The topological polar surface area (TPSA) is 83.3 Å². The number of nitrogens with one attached hydrogen (secondary N) is 2. The van der Waals surface area contributed by atoms with Gasteiger partial charge in [-0.3, -0.25) is 9.69 Å². The Morgan fingerprint density at radius 3 is 2.73 bits per heavy atom. The SMILES string of the molecule is CC(C)C(NC(=O)c1ccccc1)c1nc(C2CNCCN2C)no1.Cl. The molecule has 1 aromatic heterocycles. The fourth-order valence-corrected chi connectivity index (χ4v) is 2.93. The van der Waals surface area contributed by atoms with Crippen molar-refractivity contribution in [3.8, 4) is 0 Å². The average Bonchev–Trinajstić information content (AvgIpc) is 3.09. The van der Waals surface area contributed by atoms with Crippen LogP contribution in [0.15, 0.2) is 34.9 Å². The molecule has 2 unspecified atom stereocenters. The Bertz CT molecular complexity index is 707. The van der Waals surface area contributed by atoms with Gasteiger partial charge in [-0.25, -0.2) is 0 Å². The van der Waals surface area contributed by atoms with E-state index in [2.05, 4.69) is 32.7 Å². The Hall–Kier alpha value is -1.96. The van der Waals surface area contributed by atoms with Crippen molar-refractivity contribution in [2.45, 2.75) is 25.9 Å². The molecule has 7 nitrogen and oxygen atoms in total. The van der Waals surface area contributed by atoms with Crippen LogP contribution >= 0.6 is 12.4 Å². The predicted molar refractivity (Wildman–Crippen MR) is 101 cm³/mol. The van der Waals surface area contributed by atoms with Gasteiger partial charge in [-0.05, 0) is 25.1 Å². The Morgan fingerprint density at radius 1 is 1.35 bits per heavy atom. The summed E-state index contributed by atoms with van der Waals surface area (Å²) in [5.41, 5.74) is 0.615. The van der Waals surface area contributed by atoms with Crippen molar-refractivity contribution < 1.29 is 9.32 Å². The number of benzene rings is 1. The van der Waals surface area contributed by atoms with Crippen LogP contribution in [-0.2, 0) is 0 Å². The van der Waals surface area contributed by atoms with Gasteiger partial charge < -0.3 is 15.2 Å². The van der Waals surface area contributed by atoms with Crippen molar-refractivity contribution >= 4 is 18.3 Å². The molecule has 2 atom stereocenters. The Balaban J connectivity index is 0.00000243. The van der Waals surface area contributed by atoms with Crippen LogP contribution in [0.5, 0.6) is 0 Å². The number of hydrogen-bond acceptors (Lipinski definition) is 6. The van der Waals surface area contributed by atoms with Crippen LogP contribution in [0.4, 0.5) is 0 Å². The van der Waals surface area contributed by atoms with E-state index in [-0.39, 0.29) is 36.3 Å².